The van der Waals surface area contributed by atoms with Gasteiger partial charge in [0.1, 0.15) is 25.1 Å². The van der Waals surface area contributed by atoms with Crippen LogP contribution in [0.4, 0.5) is 5.69 Å². The monoisotopic (exact) mass is 365 g/mol. The summed E-state index contributed by atoms with van der Waals surface area (Å²) in [7, 11) is 0. The van der Waals surface area contributed by atoms with Crippen LogP contribution in [0.2, 0.25) is 0 Å². The molecule has 1 fully saturated rings. The number of fused-ring (bicyclic) bond motifs is 1. The molecular formula is C23H27NO3. The van der Waals surface area contributed by atoms with Crippen LogP contribution in [0.15, 0.2) is 54.6 Å². The number of allylic oxidation sites excluding steroid dienone is 1. The van der Waals surface area contributed by atoms with Crippen LogP contribution >= 0.6 is 0 Å². The highest BCUT2D eigenvalue weighted by Crippen LogP contribution is 2.35. The minimum Gasteiger partial charge on any atom is -0.487 e. The number of anilines is 1. The summed E-state index contributed by atoms with van der Waals surface area (Å²) >= 11 is 0. The van der Waals surface area contributed by atoms with Crippen molar-refractivity contribution < 1.29 is 14.2 Å². The molecule has 4 rings (SSSR count). The van der Waals surface area contributed by atoms with E-state index in [2.05, 4.69) is 61.7 Å². The van der Waals surface area contributed by atoms with Crippen LogP contribution in [0.5, 0.6) is 17.2 Å². The molecule has 0 aromatic heterocycles. The number of ether oxygens (including phenoxy) is 3. The first-order valence-corrected chi connectivity index (χ1v) is 9.64. The fourth-order valence-electron chi connectivity index (χ4n) is 3.66. The molecule has 2 aliphatic heterocycles. The van der Waals surface area contributed by atoms with Gasteiger partial charge in [-0.05, 0) is 49.1 Å². The van der Waals surface area contributed by atoms with Gasteiger partial charge in [-0.25, -0.2) is 0 Å². The van der Waals surface area contributed by atoms with Crippen molar-refractivity contribution in [2.24, 2.45) is 0 Å². The van der Waals surface area contributed by atoms with E-state index in [1.165, 1.54) is 11.1 Å². The minimum atomic E-state index is 0.219. The average molecular weight is 365 g/mol. The van der Waals surface area contributed by atoms with Gasteiger partial charge in [-0.3, -0.25) is 0 Å². The van der Waals surface area contributed by atoms with Crippen molar-refractivity contribution in [3.8, 4) is 17.2 Å². The summed E-state index contributed by atoms with van der Waals surface area (Å²) in [5, 5.41) is 0. The zero-order valence-electron chi connectivity index (χ0n) is 16.1. The van der Waals surface area contributed by atoms with Crippen molar-refractivity contribution in [2.45, 2.75) is 32.3 Å². The molecule has 1 atom stereocenters. The molecule has 2 aliphatic rings. The largest absolute Gasteiger partial charge is 0.487 e. The first-order valence-electron chi connectivity index (χ1n) is 9.64. The van der Waals surface area contributed by atoms with Gasteiger partial charge >= 0.3 is 0 Å². The molecule has 0 amide bonds. The Morgan fingerprint density at radius 1 is 1.11 bits per heavy atom. The van der Waals surface area contributed by atoms with Crippen LogP contribution in [0, 0.1) is 0 Å². The lowest BCUT2D eigenvalue weighted by atomic mass is 9.95. The summed E-state index contributed by atoms with van der Waals surface area (Å²) in [5.41, 5.74) is 3.71. The molecule has 4 heteroatoms. The minimum absolute atomic E-state index is 0.219. The van der Waals surface area contributed by atoms with Crippen molar-refractivity contribution in [2.75, 3.05) is 31.2 Å². The van der Waals surface area contributed by atoms with E-state index in [-0.39, 0.29) is 6.10 Å². The van der Waals surface area contributed by atoms with Crippen molar-refractivity contribution >= 4 is 5.69 Å². The van der Waals surface area contributed by atoms with Crippen molar-refractivity contribution in [3.63, 3.8) is 0 Å². The number of hydrogen-bond donors (Lipinski definition) is 0. The molecular weight excluding hydrogens is 338 g/mol. The summed E-state index contributed by atoms with van der Waals surface area (Å²) in [4.78, 5) is 2.30. The Labute approximate surface area is 161 Å². The maximum atomic E-state index is 6.12. The Kier molecular flexibility index (Phi) is 4.97. The van der Waals surface area contributed by atoms with Crippen LogP contribution in [0.3, 0.4) is 0 Å². The SMILES string of the molecule is C=C(C)C[C@@H](C)c1ccc(OC2CN(c3ccc4c(c3)OCCO4)C2)cc1. The molecule has 0 bridgehead atoms. The van der Waals surface area contributed by atoms with Crippen molar-refractivity contribution in [1.29, 1.82) is 0 Å². The second-order valence-electron chi connectivity index (χ2n) is 7.60. The van der Waals surface area contributed by atoms with E-state index >= 15 is 0 Å². The van der Waals surface area contributed by atoms with Crippen molar-refractivity contribution in [1.82, 2.24) is 0 Å². The molecule has 0 radical (unpaired) electrons. The predicted molar refractivity (Wildman–Crippen MR) is 108 cm³/mol. The van der Waals surface area contributed by atoms with Gasteiger partial charge in [0.15, 0.2) is 11.5 Å². The molecule has 2 aromatic rings. The molecule has 2 aromatic carbocycles. The molecule has 27 heavy (non-hydrogen) atoms. The highest BCUT2D eigenvalue weighted by Gasteiger charge is 2.29. The quantitative estimate of drug-likeness (QED) is 0.689. The van der Waals surface area contributed by atoms with Gasteiger partial charge < -0.3 is 19.1 Å². The Bertz CT molecular complexity index is 809. The first kappa shape index (κ1) is 17.8. The van der Waals surface area contributed by atoms with E-state index in [4.69, 9.17) is 14.2 Å². The third-order valence-electron chi connectivity index (χ3n) is 5.15. The van der Waals surface area contributed by atoms with Gasteiger partial charge in [-0.15, -0.1) is 6.58 Å². The zero-order valence-corrected chi connectivity index (χ0v) is 16.1. The molecule has 0 N–H and O–H groups in total. The highest BCUT2D eigenvalue weighted by molar-refractivity contribution is 5.58. The predicted octanol–water partition coefficient (Wildman–Crippen LogP) is 4.80. The van der Waals surface area contributed by atoms with E-state index in [1.807, 2.05) is 6.07 Å². The third kappa shape index (κ3) is 4.05. The molecule has 0 aliphatic carbocycles. The molecule has 1 saturated heterocycles. The number of hydrogen-bond acceptors (Lipinski definition) is 4. The van der Waals surface area contributed by atoms with Gasteiger partial charge in [-0.1, -0.05) is 24.6 Å². The second kappa shape index (κ2) is 7.55. The maximum Gasteiger partial charge on any atom is 0.163 e. The lowest BCUT2D eigenvalue weighted by Gasteiger charge is -2.41. The lowest BCUT2D eigenvalue weighted by Crippen LogP contribution is -2.54. The lowest BCUT2D eigenvalue weighted by molar-refractivity contribution is 0.165. The average Bonchev–Trinajstić information content (AvgIpc) is 2.64. The number of rotatable bonds is 6. The molecule has 0 spiro atoms. The second-order valence-corrected chi connectivity index (χ2v) is 7.60. The molecule has 0 unspecified atom stereocenters. The number of nitrogens with zero attached hydrogens (tertiary/aromatic N) is 1. The molecule has 142 valence electrons. The van der Waals surface area contributed by atoms with Crippen LogP contribution in [0.1, 0.15) is 31.7 Å². The van der Waals surface area contributed by atoms with Gasteiger partial charge in [0.2, 0.25) is 0 Å². The fourth-order valence-corrected chi connectivity index (χ4v) is 3.66. The topological polar surface area (TPSA) is 30.9 Å². The molecule has 4 nitrogen and oxygen atoms in total. The summed E-state index contributed by atoms with van der Waals surface area (Å²) in [6.45, 7) is 11.3. The van der Waals surface area contributed by atoms with Gasteiger partial charge in [-0.2, -0.15) is 0 Å². The van der Waals surface area contributed by atoms with Crippen LogP contribution < -0.4 is 19.1 Å². The molecule has 0 saturated carbocycles. The van der Waals surface area contributed by atoms with Gasteiger partial charge in [0, 0.05) is 11.8 Å². The normalized spacial score (nSPS) is 17.2. The van der Waals surface area contributed by atoms with E-state index in [9.17, 15) is 0 Å². The Balaban J connectivity index is 1.31. The third-order valence-corrected chi connectivity index (χ3v) is 5.15. The Morgan fingerprint density at radius 2 is 1.81 bits per heavy atom. The van der Waals surface area contributed by atoms with E-state index < -0.39 is 0 Å². The van der Waals surface area contributed by atoms with Crippen LogP contribution in [-0.4, -0.2) is 32.4 Å². The van der Waals surface area contributed by atoms with E-state index in [0.717, 1.165) is 42.4 Å². The smallest absolute Gasteiger partial charge is 0.163 e. The standard InChI is InChI=1S/C23H27NO3/c1-16(2)12-17(3)18-4-7-20(8-5-18)27-21-14-24(15-21)19-6-9-22-23(13-19)26-11-10-25-22/h4-9,13,17,21H,1,10-12,14-15H2,2-3H3/t17-/m1/s1. The number of benzene rings is 2. The first-order chi connectivity index (χ1) is 13.1. The molecule has 2 heterocycles. The fraction of sp³-hybridized carbons (Fsp3) is 0.391. The van der Waals surface area contributed by atoms with E-state index in [0.29, 0.717) is 19.1 Å². The zero-order chi connectivity index (χ0) is 18.8. The van der Waals surface area contributed by atoms with E-state index in [1.54, 1.807) is 0 Å². The summed E-state index contributed by atoms with van der Waals surface area (Å²) < 4.78 is 17.4. The van der Waals surface area contributed by atoms with Gasteiger partial charge in [0.25, 0.3) is 0 Å². The Morgan fingerprint density at radius 3 is 2.52 bits per heavy atom. The Hall–Kier alpha value is -2.62. The highest BCUT2D eigenvalue weighted by atomic mass is 16.6. The maximum absolute atomic E-state index is 6.12. The summed E-state index contributed by atoms with van der Waals surface area (Å²) in [6.07, 6.45) is 1.24. The summed E-state index contributed by atoms with van der Waals surface area (Å²) in [5.74, 6) is 3.10. The van der Waals surface area contributed by atoms with Crippen LogP contribution in [0.25, 0.3) is 0 Å². The van der Waals surface area contributed by atoms with Gasteiger partial charge in [0.05, 0.1) is 13.1 Å². The summed E-state index contributed by atoms with van der Waals surface area (Å²) in [6, 6.07) is 14.6. The van der Waals surface area contributed by atoms with Crippen molar-refractivity contribution in [3.05, 3.63) is 60.2 Å². The van der Waals surface area contributed by atoms with Crippen LogP contribution in [-0.2, 0) is 0 Å².